The van der Waals surface area contributed by atoms with Gasteiger partial charge in [-0.05, 0) is 19.8 Å². The van der Waals surface area contributed by atoms with Crippen LogP contribution in [0.15, 0.2) is 0 Å². The molecular weight excluding hydrogens is 260 g/mol. The Balaban J connectivity index is 2.13. The zero-order valence-electron chi connectivity index (χ0n) is 12.1. The van der Waals surface area contributed by atoms with Crippen molar-refractivity contribution < 1.29 is 14.3 Å². The summed E-state index contributed by atoms with van der Waals surface area (Å²) in [5.41, 5.74) is 1.11. The molecule has 0 N–H and O–H groups in total. The third kappa shape index (κ3) is 3.15. The molecule has 0 aliphatic heterocycles. The van der Waals surface area contributed by atoms with E-state index in [1.54, 1.807) is 30.6 Å². The first-order valence-electron chi connectivity index (χ1n) is 6.85. The molecule has 1 saturated carbocycles. The molecule has 0 atom stereocenters. The van der Waals surface area contributed by atoms with Crippen LogP contribution in [0.5, 0.6) is 0 Å². The van der Waals surface area contributed by atoms with E-state index in [-0.39, 0.29) is 5.91 Å². The van der Waals surface area contributed by atoms with E-state index in [0.29, 0.717) is 31.2 Å². The van der Waals surface area contributed by atoms with Gasteiger partial charge in [-0.1, -0.05) is 5.21 Å². The highest BCUT2D eigenvalue weighted by Crippen LogP contribution is 2.41. The smallest absolute Gasteiger partial charge is 0.360 e. The van der Waals surface area contributed by atoms with E-state index in [4.69, 9.17) is 4.74 Å². The van der Waals surface area contributed by atoms with Crippen molar-refractivity contribution in [3.63, 3.8) is 0 Å². The van der Waals surface area contributed by atoms with Gasteiger partial charge in [-0.25, -0.2) is 9.48 Å². The van der Waals surface area contributed by atoms with Crippen LogP contribution in [-0.4, -0.2) is 52.5 Å². The molecule has 0 radical (unpaired) electrons. The second-order valence-corrected chi connectivity index (χ2v) is 5.08. The lowest BCUT2D eigenvalue weighted by atomic mass is 10.2. The van der Waals surface area contributed by atoms with Crippen molar-refractivity contribution in [2.45, 2.75) is 38.6 Å². The number of hydrogen-bond acceptors (Lipinski definition) is 5. The maximum atomic E-state index is 11.8. The largest absolute Gasteiger partial charge is 0.461 e. The highest BCUT2D eigenvalue weighted by molar-refractivity contribution is 5.88. The predicted molar refractivity (Wildman–Crippen MR) is 71.3 cm³/mol. The summed E-state index contributed by atoms with van der Waals surface area (Å²) >= 11 is 0. The number of esters is 1. The summed E-state index contributed by atoms with van der Waals surface area (Å²) in [5.74, 6) is -0.0848. The lowest BCUT2D eigenvalue weighted by Crippen LogP contribution is -2.23. The SMILES string of the molecule is CCOC(=O)c1nnn(CCC(=O)N(C)C)c1C1CC1. The average Bonchev–Trinajstić information content (AvgIpc) is 3.16. The van der Waals surface area contributed by atoms with Gasteiger partial charge in [-0.3, -0.25) is 4.79 Å². The van der Waals surface area contributed by atoms with Gasteiger partial charge in [-0.15, -0.1) is 5.10 Å². The first kappa shape index (κ1) is 14.5. The quantitative estimate of drug-likeness (QED) is 0.721. The molecule has 0 bridgehead atoms. The third-order valence-corrected chi connectivity index (χ3v) is 3.24. The van der Waals surface area contributed by atoms with Gasteiger partial charge in [0.1, 0.15) is 0 Å². The molecule has 1 aromatic heterocycles. The van der Waals surface area contributed by atoms with Crippen molar-refractivity contribution in [2.75, 3.05) is 20.7 Å². The van der Waals surface area contributed by atoms with Crippen molar-refractivity contribution >= 4 is 11.9 Å². The van der Waals surface area contributed by atoms with Gasteiger partial charge in [-0.2, -0.15) is 0 Å². The molecule has 1 fully saturated rings. The lowest BCUT2D eigenvalue weighted by Gasteiger charge is -2.11. The standard InChI is InChI=1S/C13H20N4O3/c1-4-20-13(19)11-12(9-5-6-9)17(15-14-11)8-7-10(18)16(2)3/h9H,4-8H2,1-3H3. The van der Waals surface area contributed by atoms with E-state index in [2.05, 4.69) is 10.3 Å². The normalized spacial score (nSPS) is 14.2. The number of amides is 1. The van der Waals surface area contributed by atoms with Gasteiger partial charge >= 0.3 is 5.97 Å². The Labute approximate surface area is 117 Å². The minimum atomic E-state index is -0.431. The first-order valence-corrected chi connectivity index (χ1v) is 6.85. The minimum Gasteiger partial charge on any atom is -0.461 e. The van der Waals surface area contributed by atoms with Crippen LogP contribution in [0.1, 0.15) is 48.3 Å². The van der Waals surface area contributed by atoms with Crippen molar-refractivity contribution in [1.29, 1.82) is 0 Å². The van der Waals surface area contributed by atoms with Gasteiger partial charge in [0.05, 0.1) is 18.8 Å². The maximum Gasteiger partial charge on any atom is 0.360 e. The van der Waals surface area contributed by atoms with Crippen molar-refractivity contribution in [2.24, 2.45) is 0 Å². The van der Waals surface area contributed by atoms with Gasteiger partial charge in [0, 0.05) is 26.4 Å². The summed E-state index contributed by atoms with van der Waals surface area (Å²) in [6.07, 6.45) is 2.40. The monoisotopic (exact) mass is 280 g/mol. The fourth-order valence-corrected chi connectivity index (χ4v) is 2.02. The molecule has 0 spiro atoms. The maximum absolute atomic E-state index is 11.8. The number of aryl methyl sites for hydroxylation is 1. The molecule has 1 aliphatic rings. The molecule has 20 heavy (non-hydrogen) atoms. The molecule has 1 heterocycles. The molecule has 7 nitrogen and oxygen atoms in total. The lowest BCUT2D eigenvalue weighted by molar-refractivity contribution is -0.128. The molecule has 1 aliphatic carbocycles. The Morgan fingerprint density at radius 1 is 1.40 bits per heavy atom. The fourth-order valence-electron chi connectivity index (χ4n) is 2.02. The summed E-state index contributed by atoms with van der Waals surface area (Å²) in [7, 11) is 3.44. The minimum absolute atomic E-state index is 0.0277. The van der Waals surface area contributed by atoms with Gasteiger partial charge in [0.15, 0.2) is 5.69 Å². The number of ether oxygens (including phenoxy) is 1. The zero-order chi connectivity index (χ0) is 14.7. The second kappa shape index (κ2) is 6.02. The van der Waals surface area contributed by atoms with Crippen LogP contribution >= 0.6 is 0 Å². The van der Waals surface area contributed by atoms with E-state index >= 15 is 0 Å². The van der Waals surface area contributed by atoms with Crippen molar-refractivity contribution in [3.05, 3.63) is 11.4 Å². The number of carbonyl (C=O) groups excluding carboxylic acids is 2. The predicted octanol–water partition coefficient (Wildman–Crippen LogP) is 0.810. The first-order chi connectivity index (χ1) is 9.54. The van der Waals surface area contributed by atoms with E-state index in [9.17, 15) is 9.59 Å². The summed E-state index contributed by atoms with van der Waals surface area (Å²) < 4.78 is 6.67. The molecule has 0 saturated heterocycles. The summed E-state index contributed by atoms with van der Waals surface area (Å²) in [4.78, 5) is 25.0. The number of carbonyl (C=O) groups is 2. The molecule has 1 aromatic rings. The van der Waals surface area contributed by atoms with Gasteiger partial charge < -0.3 is 9.64 Å². The van der Waals surface area contributed by atoms with Gasteiger partial charge in [0.2, 0.25) is 5.91 Å². The molecule has 2 rings (SSSR count). The number of hydrogen-bond donors (Lipinski definition) is 0. The second-order valence-electron chi connectivity index (χ2n) is 5.08. The van der Waals surface area contributed by atoms with Crippen LogP contribution in [-0.2, 0) is 16.1 Å². The molecule has 0 aromatic carbocycles. The molecular formula is C13H20N4O3. The van der Waals surface area contributed by atoms with Crippen LogP contribution in [0, 0.1) is 0 Å². The summed E-state index contributed by atoms with van der Waals surface area (Å²) in [6.45, 7) is 2.51. The average molecular weight is 280 g/mol. The highest BCUT2D eigenvalue weighted by Gasteiger charge is 2.34. The van der Waals surface area contributed by atoms with Crippen LogP contribution < -0.4 is 0 Å². The number of rotatable bonds is 6. The Kier molecular flexibility index (Phi) is 4.36. The zero-order valence-corrected chi connectivity index (χ0v) is 12.1. The van der Waals surface area contributed by atoms with E-state index < -0.39 is 5.97 Å². The highest BCUT2D eigenvalue weighted by atomic mass is 16.5. The molecule has 7 heteroatoms. The number of aromatic nitrogens is 3. The van der Waals surface area contributed by atoms with Crippen LogP contribution in [0.3, 0.4) is 0 Å². The molecule has 0 unspecified atom stereocenters. The van der Waals surface area contributed by atoms with Crippen LogP contribution in [0.2, 0.25) is 0 Å². The molecule has 110 valence electrons. The Morgan fingerprint density at radius 3 is 2.65 bits per heavy atom. The fraction of sp³-hybridized carbons (Fsp3) is 0.692. The summed E-state index contributed by atoms with van der Waals surface area (Å²) in [6, 6.07) is 0. The van der Waals surface area contributed by atoms with E-state index in [1.807, 2.05) is 0 Å². The van der Waals surface area contributed by atoms with E-state index in [0.717, 1.165) is 18.5 Å². The number of nitrogens with zero attached hydrogens (tertiary/aromatic N) is 4. The summed E-state index contributed by atoms with van der Waals surface area (Å²) in [5, 5.41) is 7.94. The third-order valence-electron chi connectivity index (χ3n) is 3.24. The molecule has 1 amide bonds. The Morgan fingerprint density at radius 2 is 2.10 bits per heavy atom. The van der Waals surface area contributed by atoms with Crippen molar-refractivity contribution in [1.82, 2.24) is 19.9 Å². The topological polar surface area (TPSA) is 77.3 Å². The van der Waals surface area contributed by atoms with Crippen molar-refractivity contribution in [3.8, 4) is 0 Å². The Hall–Kier alpha value is -1.92. The van der Waals surface area contributed by atoms with Crippen LogP contribution in [0.25, 0.3) is 0 Å². The Bertz CT molecular complexity index is 506. The van der Waals surface area contributed by atoms with Gasteiger partial charge in [0.25, 0.3) is 0 Å². The van der Waals surface area contributed by atoms with Crippen LogP contribution in [0.4, 0.5) is 0 Å². The van der Waals surface area contributed by atoms with E-state index in [1.165, 1.54) is 0 Å².